The largest absolute Gasteiger partial charge is 0.467 e. The van der Waals surface area contributed by atoms with Crippen molar-refractivity contribution in [2.45, 2.75) is 45.7 Å². The van der Waals surface area contributed by atoms with Crippen LogP contribution in [0, 0.1) is 0 Å². The first kappa shape index (κ1) is 12.5. The predicted octanol–water partition coefficient (Wildman–Crippen LogP) is 3.93. The third-order valence-corrected chi connectivity index (χ3v) is 3.83. The predicted molar refractivity (Wildman–Crippen MR) is 78.1 cm³/mol. The minimum absolute atomic E-state index is 0.470. The van der Waals surface area contributed by atoms with Crippen LogP contribution in [-0.4, -0.2) is 6.04 Å². The Bertz CT molecular complexity index is 568. The average Bonchev–Trinajstić information content (AvgIpc) is 3.04. The molecule has 19 heavy (non-hydrogen) atoms. The van der Waals surface area contributed by atoms with Crippen LogP contribution in [0.15, 0.2) is 34.9 Å². The number of aryl methyl sites for hydroxylation is 2. The highest BCUT2D eigenvalue weighted by molar-refractivity contribution is 5.67. The Morgan fingerprint density at radius 2 is 2.00 bits per heavy atom. The van der Waals surface area contributed by atoms with Crippen molar-refractivity contribution in [2.24, 2.45) is 0 Å². The first-order valence-corrected chi connectivity index (χ1v) is 7.16. The van der Waals surface area contributed by atoms with Gasteiger partial charge in [0, 0.05) is 11.6 Å². The van der Waals surface area contributed by atoms with E-state index in [1.54, 1.807) is 6.26 Å². The molecule has 0 spiro atoms. The number of benzene rings is 1. The SMILES string of the molecule is CC(C)NCc1occc1-c1ccc2c(c1)CCC2. The van der Waals surface area contributed by atoms with E-state index in [0.717, 1.165) is 12.3 Å². The smallest absolute Gasteiger partial charge is 0.125 e. The third-order valence-electron chi connectivity index (χ3n) is 3.83. The topological polar surface area (TPSA) is 25.2 Å². The monoisotopic (exact) mass is 255 g/mol. The average molecular weight is 255 g/mol. The number of furan rings is 1. The summed E-state index contributed by atoms with van der Waals surface area (Å²) in [7, 11) is 0. The molecule has 1 aliphatic carbocycles. The summed E-state index contributed by atoms with van der Waals surface area (Å²) < 4.78 is 5.63. The summed E-state index contributed by atoms with van der Waals surface area (Å²) in [6.07, 6.45) is 5.55. The molecule has 1 aromatic carbocycles. The number of rotatable bonds is 4. The van der Waals surface area contributed by atoms with Gasteiger partial charge in [-0.25, -0.2) is 0 Å². The normalized spacial score (nSPS) is 14.1. The van der Waals surface area contributed by atoms with Crippen molar-refractivity contribution in [1.29, 1.82) is 0 Å². The molecule has 0 fully saturated rings. The van der Waals surface area contributed by atoms with Gasteiger partial charge in [0.2, 0.25) is 0 Å². The standard InChI is InChI=1S/C17H21NO/c1-12(2)18-11-17-16(8-9-19-17)15-7-6-13-4-3-5-14(13)10-15/h6-10,12,18H,3-5,11H2,1-2H3. The van der Waals surface area contributed by atoms with Gasteiger partial charge in [-0.15, -0.1) is 0 Å². The molecule has 100 valence electrons. The second kappa shape index (κ2) is 5.22. The minimum Gasteiger partial charge on any atom is -0.467 e. The molecule has 0 radical (unpaired) electrons. The highest BCUT2D eigenvalue weighted by Crippen LogP contribution is 2.30. The quantitative estimate of drug-likeness (QED) is 0.895. The molecule has 0 amide bonds. The molecule has 0 bridgehead atoms. The van der Waals surface area contributed by atoms with Gasteiger partial charge >= 0.3 is 0 Å². The zero-order valence-electron chi connectivity index (χ0n) is 11.7. The molecule has 1 heterocycles. The molecule has 2 aromatic rings. The summed E-state index contributed by atoms with van der Waals surface area (Å²) >= 11 is 0. The first-order chi connectivity index (χ1) is 9.24. The van der Waals surface area contributed by atoms with Crippen molar-refractivity contribution >= 4 is 0 Å². The fourth-order valence-corrected chi connectivity index (χ4v) is 2.77. The molecule has 3 rings (SSSR count). The van der Waals surface area contributed by atoms with E-state index in [2.05, 4.69) is 43.4 Å². The van der Waals surface area contributed by atoms with E-state index < -0.39 is 0 Å². The molecule has 0 atom stereocenters. The molecule has 0 saturated heterocycles. The van der Waals surface area contributed by atoms with E-state index in [1.165, 1.54) is 41.5 Å². The van der Waals surface area contributed by atoms with Gasteiger partial charge in [0.15, 0.2) is 0 Å². The lowest BCUT2D eigenvalue weighted by Crippen LogP contribution is -2.21. The van der Waals surface area contributed by atoms with Crippen LogP contribution in [0.5, 0.6) is 0 Å². The van der Waals surface area contributed by atoms with Crippen LogP contribution in [0.4, 0.5) is 0 Å². The first-order valence-electron chi connectivity index (χ1n) is 7.16. The summed E-state index contributed by atoms with van der Waals surface area (Å²) in [6, 6.07) is 9.40. The van der Waals surface area contributed by atoms with Gasteiger partial charge in [-0.1, -0.05) is 32.0 Å². The molecule has 0 aliphatic heterocycles. The number of hydrogen-bond acceptors (Lipinski definition) is 2. The van der Waals surface area contributed by atoms with Crippen molar-refractivity contribution < 1.29 is 4.42 Å². The third kappa shape index (κ3) is 2.59. The van der Waals surface area contributed by atoms with Gasteiger partial charge in [0.05, 0.1) is 12.8 Å². The fourth-order valence-electron chi connectivity index (χ4n) is 2.77. The number of fused-ring (bicyclic) bond motifs is 1. The lowest BCUT2D eigenvalue weighted by molar-refractivity contribution is 0.466. The Kier molecular flexibility index (Phi) is 3.43. The van der Waals surface area contributed by atoms with Gasteiger partial charge in [0.1, 0.15) is 5.76 Å². The summed E-state index contributed by atoms with van der Waals surface area (Å²) in [6.45, 7) is 5.09. The Morgan fingerprint density at radius 1 is 1.16 bits per heavy atom. The van der Waals surface area contributed by atoms with E-state index in [4.69, 9.17) is 4.42 Å². The van der Waals surface area contributed by atoms with Crippen LogP contribution in [0.3, 0.4) is 0 Å². The van der Waals surface area contributed by atoms with Gasteiger partial charge in [-0.2, -0.15) is 0 Å². The molecular formula is C17H21NO. The van der Waals surface area contributed by atoms with Crippen LogP contribution in [-0.2, 0) is 19.4 Å². The number of nitrogens with one attached hydrogen (secondary N) is 1. The van der Waals surface area contributed by atoms with Gasteiger partial charge in [-0.3, -0.25) is 0 Å². The zero-order valence-corrected chi connectivity index (χ0v) is 11.7. The van der Waals surface area contributed by atoms with Crippen molar-refractivity contribution in [1.82, 2.24) is 5.32 Å². The highest BCUT2D eigenvalue weighted by atomic mass is 16.3. The molecule has 2 heteroatoms. The van der Waals surface area contributed by atoms with Gasteiger partial charge < -0.3 is 9.73 Å². The molecular weight excluding hydrogens is 234 g/mol. The molecule has 1 aliphatic rings. The van der Waals surface area contributed by atoms with E-state index in [1.807, 2.05) is 0 Å². The maximum Gasteiger partial charge on any atom is 0.125 e. The summed E-state index contributed by atoms with van der Waals surface area (Å²) in [5.41, 5.74) is 5.55. The Hall–Kier alpha value is -1.54. The lowest BCUT2D eigenvalue weighted by Gasteiger charge is -2.09. The second-order valence-electron chi connectivity index (χ2n) is 5.63. The summed E-state index contributed by atoms with van der Waals surface area (Å²) in [5, 5.41) is 3.42. The molecule has 0 saturated carbocycles. The second-order valence-corrected chi connectivity index (χ2v) is 5.63. The zero-order chi connectivity index (χ0) is 13.2. The maximum absolute atomic E-state index is 5.63. The van der Waals surface area contributed by atoms with Gasteiger partial charge in [-0.05, 0) is 42.0 Å². The van der Waals surface area contributed by atoms with Crippen LogP contribution in [0.25, 0.3) is 11.1 Å². The molecule has 2 nitrogen and oxygen atoms in total. The van der Waals surface area contributed by atoms with Crippen molar-refractivity contribution in [3.8, 4) is 11.1 Å². The highest BCUT2D eigenvalue weighted by Gasteiger charge is 2.14. The van der Waals surface area contributed by atoms with Crippen LogP contribution >= 0.6 is 0 Å². The molecule has 0 unspecified atom stereocenters. The lowest BCUT2D eigenvalue weighted by atomic mass is 10.0. The van der Waals surface area contributed by atoms with Crippen molar-refractivity contribution in [3.05, 3.63) is 47.4 Å². The minimum atomic E-state index is 0.470. The Labute approximate surface area is 114 Å². The van der Waals surface area contributed by atoms with Gasteiger partial charge in [0.25, 0.3) is 0 Å². The summed E-state index contributed by atoms with van der Waals surface area (Å²) in [5.74, 6) is 1.03. The fraction of sp³-hybridized carbons (Fsp3) is 0.412. The van der Waals surface area contributed by atoms with E-state index in [9.17, 15) is 0 Å². The maximum atomic E-state index is 5.63. The van der Waals surface area contributed by atoms with E-state index in [-0.39, 0.29) is 0 Å². The Morgan fingerprint density at radius 3 is 2.84 bits per heavy atom. The van der Waals surface area contributed by atoms with Crippen LogP contribution < -0.4 is 5.32 Å². The molecule has 1 N–H and O–H groups in total. The van der Waals surface area contributed by atoms with Crippen LogP contribution in [0.2, 0.25) is 0 Å². The van der Waals surface area contributed by atoms with Crippen molar-refractivity contribution in [2.75, 3.05) is 0 Å². The van der Waals surface area contributed by atoms with Crippen molar-refractivity contribution in [3.63, 3.8) is 0 Å². The van der Waals surface area contributed by atoms with E-state index in [0.29, 0.717) is 6.04 Å². The Balaban J connectivity index is 1.88. The van der Waals surface area contributed by atoms with E-state index >= 15 is 0 Å². The summed E-state index contributed by atoms with van der Waals surface area (Å²) in [4.78, 5) is 0. The van der Waals surface area contributed by atoms with Crippen LogP contribution in [0.1, 0.15) is 37.2 Å². The molecule has 1 aromatic heterocycles. The number of hydrogen-bond donors (Lipinski definition) is 1.